The van der Waals surface area contributed by atoms with Gasteiger partial charge < -0.3 is 15.4 Å². The molecule has 7 nitrogen and oxygen atoms in total. The van der Waals surface area contributed by atoms with Gasteiger partial charge in [-0.25, -0.2) is 9.78 Å². The SMILES string of the molecule is CN(C(=O)CCc1ccccc1Cl)[C@@H](CCCN)COC(=O)Nc1cc2ccccc2cn1. The Morgan fingerprint density at radius 1 is 1.15 bits per heavy atom. The zero-order valence-electron chi connectivity index (χ0n) is 18.7. The molecule has 0 saturated carbocycles. The molecule has 3 rings (SSSR count). The molecule has 2 amide bonds. The highest BCUT2D eigenvalue weighted by Crippen LogP contribution is 2.18. The van der Waals surface area contributed by atoms with Crippen LogP contribution in [0.15, 0.2) is 60.8 Å². The number of hydrogen-bond acceptors (Lipinski definition) is 5. The molecule has 0 spiro atoms. The minimum absolute atomic E-state index is 0.0443. The van der Waals surface area contributed by atoms with Gasteiger partial charge in [0.2, 0.25) is 5.91 Å². The summed E-state index contributed by atoms with van der Waals surface area (Å²) in [6.07, 6.45) is 3.28. The monoisotopic (exact) mass is 468 g/mol. The number of nitrogens with zero attached hydrogens (tertiary/aromatic N) is 2. The van der Waals surface area contributed by atoms with Crippen LogP contribution in [0, 0.1) is 0 Å². The average molecular weight is 469 g/mol. The molecule has 1 atom stereocenters. The lowest BCUT2D eigenvalue weighted by Crippen LogP contribution is -2.41. The number of ether oxygens (including phenoxy) is 1. The van der Waals surface area contributed by atoms with Crippen molar-refractivity contribution in [3.8, 4) is 0 Å². The van der Waals surface area contributed by atoms with Crippen LogP contribution in [0.1, 0.15) is 24.8 Å². The number of anilines is 1. The summed E-state index contributed by atoms with van der Waals surface area (Å²) >= 11 is 6.19. The Kier molecular flexibility index (Phi) is 9.04. The van der Waals surface area contributed by atoms with Crippen LogP contribution in [0.3, 0.4) is 0 Å². The second-order valence-corrected chi connectivity index (χ2v) is 8.23. The highest BCUT2D eigenvalue weighted by molar-refractivity contribution is 6.31. The zero-order chi connectivity index (χ0) is 23.6. The highest BCUT2D eigenvalue weighted by Gasteiger charge is 2.21. The predicted octanol–water partition coefficient (Wildman–Crippen LogP) is 4.64. The largest absolute Gasteiger partial charge is 0.447 e. The van der Waals surface area contributed by atoms with Gasteiger partial charge in [-0.2, -0.15) is 0 Å². The van der Waals surface area contributed by atoms with E-state index in [2.05, 4.69) is 10.3 Å². The topological polar surface area (TPSA) is 97.5 Å². The number of aryl methyl sites for hydroxylation is 1. The van der Waals surface area contributed by atoms with Crippen molar-refractivity contribution >= 4 is 40.2 Å². The lowest BCUT2D eigenvalue weighted by Gasteiger charge is -2.28. The van der Waals surface area contributed by atoms with E-state index in [4.69, 9.17) is 22.1 Å². The highest BCUT2D eigenvalue weighted by atomic mass is 35.5. The van der Waals surface area contributed by atoms with E-state index in [1.54, 1.807) is 24.2 Å². The van der Waals surface area contributed by atoms with E-state index < -0.39 is 6.09 Å². The quantitative estimate of drug-likeness (QED) is 0.452. The van der Waals surface area contributed by atoms with E-state index in [0.29, 0.717) is 43.1 Å². The molecule has 174 valence electrons. The fourth-order valence-corrected chi connectivity index (χ4v) is 3.76. The third-order valence-corrected chi connectivity index (χ3v) is 5.89. The van der Waals surface area contributed by atoms with Crippen molar-refractivity contribution in [1.82, 2.24) is 9.88 Å². The summed E-state index contributed by atoms with van der Waals surface area (Å²) < 4.78 is 5.42. The molecule has 0 unspecified atom stereocenters. The Morgan fingerprint density at radius 3 is 2.64 bits per heavy atom. The summed E-state index contributed by atoms with van der Waals surface area (Å²) in [4.78, 5) is 31.0. The van der Waals surface area contributed by atoms with E-state index in [1.807, 2.05) is 48.5 Å². The van der Waals surface area contributed by atoms with Crippen molar-refractivity contribution in [2.75, 3.05) is 25.5 Å². The number of carbonyl (C=O) groups excluding carboxylic acids is 2. The molecular formula is C25H29ClN4O3. The van der Waals surface area contributed by atoms with Crippen LogP contribution in [-0.4, -0.2) is 48.1 Å². The lowest BCUT2D eigenvalue weighted by atomic mass is 10.1. The summed E-state index contributed by atoms with van der Waals surface area (Å²) in [5.74, 6) is 0.360. The Hall–Kier alpha value is -3.16. The van der Waals surface area contributed by atoms with Crippen molar-refractivity contribution in [3.05, 3.63) is 71.4 Å². The van der Waals surface area contributed by atoms with E-state index in [-0.39, 0.29) is 18.6 Å². The van der Waals surface area contributed by atoms with Crippen LogP contribution >= 0.6 is 11.6 Å². The van der Waals surface area contributed by atoms with Gasteiger partial charge in [0.15, 0.2) is 0 Å². The first kappa shape index (κ1) is 24.5. The van der Waals surface area contributed by atoms with Crippen LogP contribution < -0.4 is 11.1 Å². The molecule has 33 heavy (non-hydrogen) atoms. The summed E-state index contributed by atoms with van der Waals surface area (Å²) in [6.45, 7) is 0.555. The molecule has 0 fully saturated rings. The maximum atomic E-state index is 12.8. The van der Waals surface area contributed by atoms with Gasteiger partial charge in [-0.1, -0.05) is 54.1 Å². The van der Waals surface area contributed by atoms with Gasteiger partial charge in [-0.3, -0.25) is 10.1 Å². The van der Waals surface area contributed by atoms with Gasteiger partial charge >= 0.3 is 6.09 Å². The number of nitrogens with one attached hydrogen (secondary N) is 1. The van der Waals surface area contributed by atoms with Crippen molar-refractivity contribution in [1.29, 1.82) is 0 Å². The second-order valence-electron chi connectivity index (χ2n) is 7.82. The number of fused-ring (bicyclic) bond motifs is 1. The van der Waals surface area contributed by atoms with Crippen LogP contribution in [0.2, 0.25) is 5.02 Å². The van der Waals surface area contributed by atoms with Gasteiger partial charge in [0, 0.05) is 30.1 Å². The van der Waals surface area contributed by atoms with E-state index >= 15 is 0 Å². The van der Waals surface area contributed by atoms with Gasteiger partial charge in [0.25, 0.3) is 0 Å². The van der Waals surface area contributed by atoms with E-state index in [9.17, 15) is 9.59 Å². The minimum atomic E-state index is -0.618. The maximum absolute atomic E-state index is 12.8. The normalized spacial score (nSPS) is 11.7. The second kappa shape index (κ2) is 12.2. The molecule has 0 aliphatic carbocycles. The van der Waals surface area contributed by atoms with Crippen LogP contribution in [-0.2, 0) is 16.0 Å². The Balaban J connectivity index is 1.55. The number of halogens is 1. The number of nitrogens with two attached hydrogens (primary N) is 1. The Bertz CT molecular complexity index is 1090. The molecule has 0 aliphatic heterocycles. The van der Waals surface area contributed by atoms with Crippen molar-refractivity contribution in [2.45, 2.75) is 31.7 Å². The van der Waals surface area contributed by atoms with Crippen LogP contribution in [0.25, 0.3) is 10.8 Å². The van der Waals surface area contributed by atoms with Crippen molar-refractivity contribution < 1.29 is 14.3 Å². The van der Waals surface area contributed by atoms with Gasteiger partial charge in [0.05, 0.1) is 6.04 Å². The summed E-state index contributed by atoms with van der Waals surface area (Å²) in [5, 5.41) is 5.25. The van der Waals surface area contributed by atoms with Crippen LogP contribution in [0.5, 0.6) is 0 Å². The molecule has 3 N–H and O–H groups in total. The van der Waals surface area contributed by atoms with Gasteiger partial charge in [0.1, 0.15) is 12.4 Å². The number of aromatic nitrogens is 1. The standard InChI is InChI=1S/C25H29ClN4O3/c1-30(24(31)13-12-18-7-4-5-11-22(18)26)21(10-6-14-27)17-33-25(32)29-23-15-19-8-2-3-9-20(19)16-28-23/h2-5,7-9,11,15-16,21H,6,10,12-14,17,27H2,1H3,(H,28,29,32)/t21-/m0/s1. The number of rotatable bonds is 10. The maximum Gasteiger partial charge on any atom is 0.412 e. The number of amides is 2. The number of hydrogen-bond donors (Lipinski definition) is 2. The third-order valence-electron chi connectivity index (χ3n) is 5.52. The predicted molar refractivity (Wildman–Crippen MR) is 131 cm³/mol. The number of pyridine rings is 1. The first-order valence-corrected chi connectivity index (χ1v) is 11.3. The Morgan fingerprint density at radius 2 is 1.88 bits per heavy atom. The van der Waals surface area contributed by atoms with E-state index in [0.717, 1.165) is 16.3 Å². The average Bonchev–Trinajstić information content (AvgIpc) is 2.83. The molecule has 1 heterocycles. The molecule has 0 aliphatic rings. The minimum Gasteiger partial charge on any atom is -0.447 e. The molecule has 1 aromatic heterocycles. The fraction of sp³-hybridized carbons (Fsp3) is 0.320. The molecule has 3 aromatic rings. The first-order chi connectivity index (χ1) is 16.0. The molecule has 2 aromatic carbocycles. The summed E-state index contributed by atoms with van der Waals surface area (Å²) in [5.41, 5.74) is 6.59. The number of benzene rings is 2. The smallest absolute Gasteiger partial charge is 0.412 e. The number of carbonyl (C=O) groups is 2. The van der Waals surface area contributed by atoms with Gasteiger partial charge in [-0.05, 0) is 48.9 Å². The molecular weight excluding hydrogens is 440 g/mol. The first-order valence-electron chi connectivity index (χ1n) is 11.0. The van der Waals surface area contributed by atoms with Crippen LogP contribution in [0.4, 0.5) is 10.6 Å². The summed E-state index contributed by atoms with van der Waals surface area (Å²) in [7, 11) is 1.72. The molecule has 0 radical (unpaired) electrons. The molecule has 8 heteroatoms. The van der Waals surface area contributed by atoms with Gasteiger partial charge in [-0.15, -0.1) is 0 Å². The lowest BCUT2D eigenvalue weighted by molar-refractivity contribution is -0.132. The summed E-state index contributed by atoms with van der Waals surface area (Å²) in [6, 6.07) is 16.7. The Labute approximate surface area is 198 Å². The third kappa shape index (κ3) is 7.17. The van der Waals surface area contributed by atoms with Crippen molar-refractivity contribution in [3.63, 3.8) is 0 Å². The fourth-order valence-electron chi connectivity index (χ4n) is 3.53. The zero-order valence-corrected chi connectivity index (χ0v) is 19.4. The van der Waals surface area contributed by atoms with Crippen molar-refractivity contribution in [2.24, 2.45) is 5.73 Å². The number of likely N-dealkylation sites (N-methyl/N-ethyl adjacent to an activating group) is 1. The molecule has 0 bridgehead atoms. The molecule has 0 saturated heterocycles. The van der Waals surface area contributed by atoms with E-state index in [1.165, 1.54) is 0 Å².